The molecule has 222 valence electrons. The lowest BCUT2D eigenvalue weighted by Gasteiger charge is -2.25. The summed E-state index contributed by atoms with van der Waals surface area (Å²) in [4.78, 5) is 4.28. The fourth-order valence-electron chi connectivity index (χ4n) is 7.25. The zero-order valence-electron chi connectivity index (χ0n) is 24.6. The molecule has 9 nitrogen and oxygen atoms in total. The highest BCUT2D eigenvalue weighted by molar-refractivity contribution is 5.82. The lowest BCUT2D eigenvalue weighted by Crippen LogP contribution is -2.32. The van der Waals surface area contributed by atoms with Crippen molar-refractivity contribution in [3.63, 3.8) is 0 Å². The van der Waals surface area contributed by atoms with E-state index in [1.54, 1.807) is 0 Å². The Labute approximate surface area is 250 Å². The first-order chi connectivity index (χ1) is 21.1. The van der Waals surface area contributed by atoms with E-state index in [4.69, 9.17) is 18.9 Å². The van der Waals surface area contributed by atoms with Gasteiger partial charge < -0.3 is 18.9 Å². The quantitative estimate of drug-likeness (QED) is 0.279. The van der Waals surface area contributed by atoms with Crippen LogP contribution in [0.1, 0.15) is 53.6 Å². The Kier molecular flexibility index (Phi) is 6.78. The van der Waals surface area contributed by atoms with Gasteiger partial charge in [-0.25, -0.2) is 4.68 Å². The Hall–Kier alpha value is -3.63. The molecule has 2 spiro atoms. The summed E-state index contributed by atoms with van der Waals surface area (Å²) in [5.41, 5.74) is 9.79. The zero-order chi connectivity index (χ0) is 28.9. The summed E-state index contributed by atoms with van der Waals surface area (Å²) in [6.07, 6.45) is 13.7. The van der Waals surface area contributed by atoms with Crippen LogP contribution >= 0.6 is 0 Å². The number of H-pyrrole nitrogens is 1. The van der Waals surface area contributed by atoms with Crippen LogP contribution in [0.25, 0.3) is 27.5 Å². The second-order valence-electron chi connectivity index (χ2n) is 12.2. The minimum Gasteiger partial charge on any atom is -0.347 e. The number of aryl methyl sites for hydroxylation is 3. The van der Waals surface area contributed by atoms with E-state index in [1.807, 2.05) is 36.3 Å². The maximum atomic E-state index is 5.97. The van der Waals surface area contributed by atoms with E-state index >= 15 is 0 Å². The highest BCUT2D eigenvalue weighted by atomic mass is 16.7. The lowest BCUT2D eigenvalue weighted by molar-refractivity contribution is -0.160. The molecule has 2 aliphatic carbocycles. The standard InChI is InChI=1S/C20H21N3O2.C14H16N2O2/c1-14-9-18(4-6-21-14)23-19-11-15-3-2-5-20(24-7-8-25-20)12-16(15)10-17(19)13-22-23;1-2-10-7-13-12(9-15-16-13)6-11(10)8-14(3-1)17-4-5-18-14/h4,6,9-11,13H,2-3,5,7-8,12H2,1H3;6-7,9H,1-5,8H2,(H,15,16). The number of hydrogen-bond donors (Lipinski definition) is 1. The van der Waals surface area contributed by atoms with Crippen molar-refractivity contribution in [1.29, 1.82) is 0 Å². The van der Waals surface area contributed by atoms with E-state index in [0.29, 0.717) is 13.2 Å². The summed E-state index contributed by atoms with van der Waals surface area (Å²) < 4.78 is 25.7. The summed E-state index contributed by atoms with van der Waals surface area (Å²) in [7, 11) is 0. The van der Waals surface area contributed by atoms with Crippen LogP contribution in [-0.2, 0) is 44.6 Å². The van der Waals surface area contributed by atoms with Crippen molar-refractivity contribution in [2.24, 2.45) is 0 Å². The van der Waals surface area contributed by atoms with Crippen molar-refractivity contribution < 1.29 is 18.9 Å². The molecule has 9 heteroatoms. The second-order valence-corrected chi connectivity index (χ2v) is 12.2. The van der Waals surface area contributed by atoms with E-state index in [0.717, 1.165) is 92.4 Å². The Balaban J connectivity index is 0.000000136. The van der Waals surface area contributed by atoms with Gasteiger partial charge >= 0.3 is 0 Å². The van der Waals surface area contributed by atoms with Gasteiger partial charge in [-0.15, -0.1) is 0 Å². The molecule has 0 unspecified atom stereocenters. The summed E-state index contributed by atoms with van der Waals surface area (Å²) in [6, 6.07) is 13.1. The van der Waals surface area contributed by atoms with Crippen molar-refractivity contribution in [1.82, 2.24) is 25.0 Å². The van der Waals surface area contributed by atoms with Crippen molar-refractivity contribution in [3.05, 3.63) is 82.9 Å². The van der Waals surface area contributed by atoms with Gasteiger partial charge in [0.2, 0.25) is 0 Å². The third kappa shape index (κ3) is 5.14. The van der Waals surface area contributed by atoms with Gasteiger partial charge in [0.05, 0.1) is 55.5 Å². The highest BCUT2D eigenvalue weighted by Crippen LogP contribution is 2.37. The smallest absolute Gasteiger partial charge is 0.172 e. The molecule has 0 radical (unpaired) electrons. The monoisotopic (exact) mass is 579 g/mol. The number of nitrogens with one attached hydrogen (secondary N) is 1. The minimum atomic E-state index is -0.406. The Morgan fingerprint density at radius 2 is 1.40 bits per heavy atom. The number of nitrogens with zero attached hydrogens (tertiary/aromatic N) is 4. The normalized spacial score (nSPS) is 20.5. The third-order valence-electron chi connectivity index (χ3n) is 9.33. The number of ether oxygens (including phenoxy) is 4. The molecule has 4 aliphatic rings. The van der Waals surface area contributed by atoms with Crippen LogP contribution in [0.5, 0.6) is 0 Å². The van der Waals surface area contributed by atoms with Crippen LogP contribution in [0.15, 0.2) is 55.0 Å². The van der Waals surface area contributed by atoms with Crippen LogP contribution in [0.4, 0.5) is 0 Å². The average Bonchev–Trinajstić information content (AvgIpc) is 3.79. The number of aromatic nitrogens is 5. The van der Waals surface area contributed by atoms with Gasteiger partial charge in [-0.1, -0.05) is 0 Å². The molecular weight excluding hydrogens is 542 g/mol. The molecule has 43 heavy (non-hydrogen) atoms. The third-order valence-corrected chi connectivity index (χ3v) is 9.33. The van der Waals surface area contributed by atoms with E-state index in [-0.39, 0.29) is 5.79 Å². The molecular formula is C34H37N5O4. The Morgan fingerprint density at radius 1 is 0.744 bits per heavy atom. The van der Waals surface area contributed by atoms with Crippen LogP contribution in [0.3, 0.4) is 0 Å². The molecule has 2 aliphatic heterocycles. The number of fused-ring (bicyclic) bond motifs is 4. The fourth-order valence-corrected chi connectivity index (χ4v) is 7.25. The zero-order valence-corrected chi connectivity index (χ0v) is 24.6. The van der Waals surface area contributed by atoms with Crippen LogP contribution in [0, 0.1) is 6.92 Å². The molecule has 9 rings (SSSR count). The molecule has 0 atom stereocenters. The summed E-state index contributed by atoms with van der Waals surface area (Å²) in [5, 5.41) is 14.1. The van der Waals surface area contributed by atoms with Gasteiger partial charge in [-0.05, 0) is 91.3 Å². The number of hydrogen-bond acceptors (Lipinski definition) is 7. The van der Waals surface area contributed by atoms with Gasteiger partial charge in [-0.3, -0.25) is 10.1 Å². The van der Waals surface area contributed by atoms with Crippen molar-refractivity contribution in [2.45, 2.75) is 69.9 Å². The van der Waals surface area contributed by atoms with Crippen LogP contribution in [-0.4, -0.2) is 63.0 Å². The fraction of sp³-hybridized carbons (Fsp3) is 0.441. The number of pyridine rings is 1. The van der Waals surface area contributed by atoms with Crippen molar-refractivity contribution in [3.8, 4) is 5.69 Å². The number of rotatable bonds is 1. The molecule has 5 aromatic rings. The van der Waals surface area contributed by atoms with Gasteiger partial charge in [0.1, 0.15) is 0 Å². The average molecular weight is 580 g/mol. The maximum absolute atomic E-state index is 5.97. The maximum Gasteiger partial charge on any atom is 0.172 e. The minimum absolute atomic E-state index is 0.358. The SMILES string of the molecule is Cc1cc(-n2ncc3cc4c(cc32)CCCC2(C4)OCCO2)ccn1.c1n[nH]c2cc3c(cc12)CC1(CCC3)OCCO1. The first kappa shape index (κ1) is 27.0. The Morgan fingerprint density at radius 3 is 2.07 bits per heavy atom. The van der Waals surface area contributed by atoms with Crippen LogP contribution < -0.4 is 0 Å². The number of benzene rings is 2. The molecule has 3 aromatic heterocycles. The predicted octanol–water partition coefficient (Wildman–Crippen LogP) is 5.54. The molecule has 5 heterocycles. The molecule has 0 bridgehead atoms. The summed E-state index contributed by atoms with van der Waals surface area (Å²) in [5.74, 6) is -0.764. The van der Waals surface area contributed by atoms with Crippen molar-refractivity contribution in [2.75, 3.05) is 26.4 Å². The van der Waals surface area contributed by atoms with Crippen molar-refractivity contribution >= 4 is 21.8 Å². The van der Waals surface area contributed by atoms with Gasteiger partial charge in [0.15, 0.2) is 11.6 Å². The molecule has 0 amide bonds. The summed E-state index contributed by atoms with van der Waals surface area (Å²) in [6.45, 7) is 4.86. The molecule has 2 fully saturated rings. The molecule has 1 N–H and O–H groups in total. The number of aromatic amines is 1. The van der Waals surface area contributed by atoms with Gasteiger partial charge in [0.25, 0.3) is 0 Å². The van der Waals surface area contributed by atoms with Crippen LogP contribution in [0.2, 0.25) is 0 Å². The van der Waals surface area contributed by atoms with Gasteiger partial charge in [-0.2, -0.15) is 10.2 Å². The molecule has 2 aromatic carbocycles. The first-order valence-electron chi connectivity index (χ1n) is 15.5. The first-order valence-corrected chi connectivity index (χ1v) is 15.5. The molecule has 2 saturated heterocycles. The van der Waals surface area contributed by atoms with E-state index in [1.165, 1.54) is 27.6 Å². The largest absolute Gasteiger partial charge is 0.347 e. The predicted molar refractivity (Wildman–Crippen MR) is 162 cm³/mol. The van der Waals surface area contributed by atoms with Gasteiger partial charge in [0, 0.05) is 48.3 Å². The highest BCUT2D eigenvalue weighted by Gasteiger charge is 2.39. The lowest BCUT2D eigenvalue weighted by atomic mass is 9.99. The molecule has 0 saturated carbocycles. The van der Waals surface area contributed by atoms with E-state index < -0.39 is 5.79 Å². The Bertz CT molecular complexity index is 1780. The second kappa shape index (κ2) is 10.8. The van der Waals surface area contributed by atoms with E-state index in [2.05, 4.69) is 50.6 Å². The van der Waals surface area contributed by atoms with E-state index in [9.17, 15) is 0 Å². The topological polar surface area (TPSA) is 96.3 Å². The summed E-state index contributed by atoms with van der Waals surface area (Å²) >= 11 is 0.